The number of nitrogens with zero attached hydrogens (tertiary/aromatic N) is 4. The highest BCUT2D eigenvalue weighted by Crippen LogP contribution is 2.34. The maximum atomic E-state index is 15.3. The van der Waals surface area contributed by atoms with Crippen LogP contribution in [0.4, 0.5) is 4.39 Å². The number of imidazole rings is 2. The van der Waals surface area contributed by atoms with Gasteiger partial charge in [0.15, 0.2) is 0 Å². The van der Waals surface area contributed by atoms with Crippen molar-refractivity contribution in [3.8, 4) is 34.2 Å². The molecular weight excluding hydrogens is 459 g/mol. The van der Waals surface area contributed by atoms with Gasteiger partial charge in [0.05, 0.1) is 22.1 Å². The Bertz CT molecular complexity index is 1750. The summed E-state index contributed by atoms with van der Waals surface area (Å²) in [5.41, 5.74) is 6.93. The first-order valence-corrected chi connectivity index (χ1v) is 12.1. The first-order valence-electron chi connectivity index (χ1n) is 12.1. The lowest BCUT2D eigenvalue weighted by Gasteiger charge is -2.12. The lowest BCUT2D eigenvalue weighted by atomic mass is 10.1. The minimum Gasteiger partial charge on any atom is -0.292 e. The summed E-state index contributed by atoms with van der Waals surface area (Å²) in [5.74, 6) is 1.01. The molecule has 0 bridgehead atoms. The van der Waals surface area contributed by atoms with Crippen LogP contribution in [0.1, 0.15) is 0 Å². The molecule has 7 rings (SSSR count). The Hall–Kier alpha value is -5.03. The fraction of sp³-hybridized carbons (Fsp3) is 0. The molecule has 0 amide bonds. The average molecular weight is 481 g/mol. The van der Waals surface area contributed by atoms with Crippen LogP contribution >= 0.6 is 0 Å². The van der Waals surface area contributed by atoms with Crippen LogP contribution < -0.4 is 0 Å². The second-order valence-corrected chi connectivity index (χ2v) is 8.92. The molecule has 2 aromatic heterocycles. The van der Waals surface area contributed by atoms with Crippen molar-refractivity contribution >= 4 is 22.1 Å². The van der Waals surface area contributed by atoms with Crippen molar-refractivity contribution in [1.29, 1.82) is 0 Å². The van der Waals surface area contributed by atoms with Crippen LogP contribution in [0.2, 0.25) is 0 Å². The number of hydrogen-bond acceptors (Lipinski definition) is 2. The Kier molecular flexibility index (Phi) is 4.93. The highest BCUT2D eigenvalue weighted by atomic mass is 19.1. The van der Waals surface area contributed by atoms with Crippen LogP contribution in [-0.2, 0) is 0 Å². The standard InChI is InChI=1S/C32H21FN4/c33-24-20-22(31-34-27-15-7-9-17-29(27)36(31)25-11-3-1-4-12-25)19-23(21-24)32-35-28-16-8-10-18-30(28)37(32)26-13-5-2-6-14-26/h1-21H. The Morgan fingerprint density at radius 1 is 0.459 bits per heavy atom. The molecule has 0 atom stereocenters. The quantitative estimate of drug-likeness (QED) is 0.257. The Balaban J connectivity index is 1.49. The molecule has 176 valence electrons. The first-order chi connectivity index (χ1) is 18.3. The van der Waals surface area contributed by atoms with Crippen molar-refractivity contribution in [3.63, 3.8) is 0 Å². The van der Waals surface area contributed by atoms with Gasteiger partial charge < -0.3 is 0 Å². The molecule has 0 aliphatic rings. The largest absolute Gasteiger partial charge is 0.292 e. The van der Waals surface area contributed by atoms with Crippen molar-refractivity contribution < 1.29 is 4.39 Å². The molecule has 0 spiro atoms. The van der Waals surface area contributed by atoms with Crippen LogP contribution in [0.5, 0.6) is 0 Å². The van der Waals surface area contributed by atoms with Crippen LogP contribution in [0.15, 0.2) is 127 Å². The smallest absolute Gasteiger partial charge is 0.145 e. The molecule has 0 N–H and O–H groups in total. The van der Waals surface area contributed by atoms with E-state index in [2.05, 4.69) is 9.13 Å². The number of fused-ring (bicyclic) bond motifs is 2. The van der Waals surface area contributed by atoms with Gasteiger partial charge in [-0.2, -0.15) is 0 Å². The normalized spacial score (nSPS) is 11.4. The fourth-order valence-electron chi connectivity index (χ4n) is 4.96. The second-order valence-electron chi connectivity index (χ2n) is 8.92. The van der Waals surface area contributed by atoms with Gasteiger partial charge in [-0.1, -0.05) is 60.7 Å². The Morgan fingerprint density at radius 2 is 0.865 bits per heavy atom. The van der Waals surface area contributed by atoms with Gasteiger partial charge in [0.25, 0.3) is 0 Å². The van der Waals surface area contributed by atoms with Crippen LogP contribution in [0, 0.1) is 5.82 Å². The lowest BCUT2D eigenvalue weighted by molar-refractivity contribution is 0.628. The molecule has 2 heterocycles. The van der Waals surface area contributed by atoms with E-state index in [1.807, 2.05) is 115 Å². The molecule has 0 aliphatic heterocycles. The monoisotopic (exact) mass is 480 g/mol. The van der Waals surface area contributed by atoms with Gasteiger partial charge in [-0.25, -0.2) is 14.4 Å². The Labute approximate surface area is 212 Å². The first kappa shape index (κ1) is 21.3. The number of para-hydroxylation sites is 6. The average Bonchev–Trinajstić information content (AvgIpc) is 3.53. The summed E-state index contributed by atoms with van der Waals surface area (Å²) in [5, 5.41) is 0. The van der Waals surface area contributed by atoms with Gasteiger partial charge in [-0.05, 0) is 66.7 Å². The third kappa shape index (κ3) is 3.60. The molecule has 5 heteroatoms. The second kappa shape index (κ2) is 8.57. The molecular formula is C32H21FN4. The van der Waals surface area contributed by atoms with Gasteiger partial charge >= 0.3 is 0 Å². The zero-order chi connectivity index (χ0) is 24.8. The predicted molar refractivity (Wildman–Crippen MR) is 147 cm³/mol. The van der Waals surface area contributed by atoms with Crippen LogP contribution in [-0.4, -0.2) is 19.1 Å². The molecule has 0 radical (unpaired) electrons. The SMILES string of the molecule is Fc1cc(-c2nc3ccccc3n2-c2ccccc2)cc(-c2nc3ccccc3n2-c2ccccc2)c1. The van der Waals surface area contributed by atoms with E-state index < -0.39 is 0 Å². The van der Waals surface area contributed by atoms with Gasteiger partial charge in [-0.15, -0.1) is 0 Å². The predicted octanol–water partition coefficient (Wildman–Crippen LogP) is 7.84. The summed E-state index contributed by atoms with van der Waals surface area (Å²) in [6.07, 6.45) is 0. The number of hydrogen-bond donors (Lipinski definition) is 0. The van der Waals surface area contributed by atoms with E-state index in [0.717, 1.165) is 33.4 Å². The molecule has 0 fully saturated rings. The third-order valence-corrected chi connectivity index (χ3v) is 6.56. The van der Waals surface area contributed by atoms with Gasteiger partial charge in [0.1, 0.15) is 17.5 Å². The van der Waals surface area contributed by atoms with Gasteiger partial charge in [0.2, 0.25) is 0 Å². The van der Waals surface area contributed by atoms with E-state index in [4.69, 9.17) is 9.97 Å². The highest BCUT2D eigenvalue weighted by molar-refractivity contribution is 5.86. The molecule has 0 saturated carbocycles. The van der Waals surface area contributed by atoms with E-state index in [1.54, 1.807) is 12.1 Å². The third-order valence-electron chi connectivity index (χ3n) is 6.56. The highest BCUT2D eigenvalue weighted by Gasteiger charge is 2.19. The molecule has 7 aromatic rings. The molecule has 5 aromatic carbocycles. The number of benzene rings is 5. The fourth-order valence-corrected chi connectivity index (χ4v) is 4.96. The van der Waals surface area contributed by atoms with Crippen molar-refractivity contribution in [3.05, 3.63) is 133 Å². The number of aromatic nitrogens is 4. The van der Waals surface area contributed by atoms with E-state index in [-0.39, 0.29) is 5.82 Å². The molecule has 0 unspecified atom stereocenters. The summed E-state index contributed by atoms with van der Waals surface area (Å²) in [6, 6.07) is 41.1. The van der Waals surface area contributed by atoms with Crippen molar-refractivity contribution in [2.45, 2.75) is 0 Å². The molecule has 37 heavy (non-hydrogen) atoms. The minimum absolute atomic E-state index is 0.342. The molecule has 4 nitrogen and oxygen atoms in total. The van der Waals surface area contributed by atoms with Crippen LogP contribution in [0.3, 0.4) is 0 Å². The zero-order valence-corrected chi connectivity index (χ0v) is 19.8. The van der Waals surface area contributed by atoms with Gasteiger partial charge in [0, 0.05) is 22.5 Å². The number of rotatable bonds is 4. The van der Waals surface area contributed by atoms with E-state index in [1.165, 1.54) is 0 Å². The van der Waals surface area contributed by atoms with E-state index in [9.17, 15) is 0 Å². The zero-order valence-electron chi connectivity index (χ0n) is 19.8. The summed E-state index contributed by atoms with van der Waals surface area (Å²) >= 11 is 0. The maximum absolute atomic E-state index is 15.3. The lowest BCUT2D eigenvalue weighted by Crippen LogP contribution is -2.00. The summed E-state index contributed by atoms with van der Waals surface area (Å²) in [4.78, 5) is 9.86. The van der Waals surface area contributed by atoms with Crippen molar-refractivity contribution in [2.75, 3.05) is 0 Å². The summed E-state index contributed by atoms with van der Waals surface area (Å²) < 4.78 is 19.5. The topological polar surface area (TPSA) is 35.6 Å². The maximum Gasteiger partial charge on any atom is 0.145 e. The Morgan fingerprint density at radius 3 is 1.32 bits per heavy atom. The summed E-state index contributed by atoms with van der Waals surface area (Å²) in [6.45, 7) is 0. The van der Waals surface area contributed by atoms with Gasteiger partial charge in [-0.3, -0.25) is 9.13 Å². The van der Waals surface area contributed by atoms with E-state index in [0.29, 0.717) is 22.8 Å². The van der Waals surface area contributed by atoms with E-state index >= 15 is 4.39 Å². The summed E-state index contributed by atoms with van der Waals surface area (Å²) in [7, 11) is 0. The molecule has 0 saturated heterocycles. The minimum atomic E-state index is -0.342. The van der Waals surface area contributed by atoms with Crippen molar-refractivity contribution in [2.24, 2.45) is 0 Å². The number of halogens is 1. The molecule has 0 aliphatic carbocycles. The van der Waals surface area contributed by atoms with Crippen LogP contribution in [0.25, 0.3) is 56.2 Å². The van der Waals surface area contributed by atoms with Crippen molar-refractivity contribution in [1.82, 2.24) is 19.1 Å².